The third-order valence-electron chi connectivity index (χ3n) is 9.44. The molecule has 0 aliphatic rings. The summed E-state index contributed by atoms with van der Waals surface area (Å²) in [4.78, 5) is 0. The molecule has 0 heterocycles. The minimum atomic E-state index is -2.34. The van der Waals surface area contributed by atoms with Crippen LogP contribution < -0.4 is 48.1 Å². The molecule has 0 saturated carbocycles. The van der Waals surface area contributed by atoms with Gasteiger partial charge in [-0.1, -0.05) is 145 Å². The molecule has 0 bridgehead atoms. The maximum atomic E-state index is 2.58. The monoisotopic (exact) mass is 580 g/mol. The molecular weight excluding hydrogens is 546 g/mol. The van der Waals surface area contributed by atoms with Crippen molar-refractivity contribution >= 4 is 61.5 Å². The van der Waals surface area contributed by atoms with Crippen LogP contribution in [-0.4, -0.2) is 8.07 Å². The van der Waals surface area contributed by atoms with Crippen LogP contribution in [0.4, 0.5) is 0 Å². The smallest absolute Gasteiger partial charge is 0.137 e. The quantitative estimate of drug-likeness (QED) is 0.212. The molecule has 0 aliphatic heterocycles. The zero-order valence-electron chi connectivity index (χ0n) is 27.2. The second kappa shape index (κ2) is 12.0. The molecule has 208 valence electrons. The van der Waals surface area contributed by atoms with Crippen LogP contribution in [0.2, 0.25) is 13.1 Å². The Morgan fingerprint density at radius 2 is 0.800 bits per heavy atom. The number of rotatable bonds is 4. The second-order valence-electron chi connectivity index (χ2n) is 12.7. The van der Waals surface area contributed by atoms with E-state index in [-0.39, 0.29) is 37.7 Å². The Kier molecular flexibility index (Phi) is 8.39. The molecule has 0 aliphatic carbocycles. The first-order valence-corrected chi connectivity index (χ1v) is 18.3. The Balaban J connectivity index is 0.00000179. The Morgan fingerprint density at radius 1 is 0.444 bits per heavy atom. The van der Waals surface area contributed by atoms with Gasteiger partial charge in [0.05, 0.1) is 0 Å². The van der Waals surface area contributed by atoms with E-state index in [1.807, 2.05) is 0 Å². The first-order chi connectivity index (χ1) is 20.9. The number of hydrogen-bond donors (Lipinski definition) is 0. The van der Waals surface area contributed by atoms with Crippen molar-refractivity contribution in [3.8, 4) is 22.3 Å². The Labute approximate surface area is 291 Å². The van der Waals surface area contributed by atoms with Crippen molar-refractivity contribution in [2.24, 2.45) is 0 Å². The summed E-state index contributed by atoms with van der Waals surface area (Å²) in [7, 11) is -2.34. The van der Waals surface area contributed by atoms with Crippen molar-refractivity contribution in [3.05, 3.63) is 145 Å². The van der Waals surface area contributed by atoms with E-state index in [4.69, 9.17) is 0 Å². The van der Waals surface area contributed by atoms with E-state index in [0.29, 0.717) is 0 Å². The molecule has 0 spiro atoms. The van der Waals surface area contributed by atoms with Crippen LogP contribution in [0.15, 0.2) is 133 Å². The molecule has 0 amide bonds. The van der Waals surface area contributed by atoms with Gasteiger partial charge in [-0.05, 0) is 35.4 Å². The zero-order valence-corrected chi connectivity index (χ0v) is 28.2. The number of aryl methyl sites for hydroxylation is 2. The summed E-state index contributed by atoms with van der Waals surface area (Å²) < 4.78 is 0. The van der Waals surface area contributed by atoms with Gasteiger partial charge in [0, 0.05) is 8.07 Å². The average molecular weight is 581 g/mol. The predicted octanol–water partition coefficient (Wildman–Crippen LogP) is 4.52. The summed E-state index contributed by atoms with van der Waals surface area (Å²) in [6, 6.07) is 50.2. The standard InChI is InChI=1S/C42H34Si.2Li/c1-27-21-29-13-5-9-17-33(29)37(23-27)39-25-31-15-7-11-19-35(31)41(39)43(3,4)42-36-20-12-8-16-32(36)26-40(42)38-24-28(2)22-30-14-6-10-18-34(30)38;;/h5-26H,1-4H3;;/q-2;2*+1. The Hall–Kier alpha value is -3.53. The van der Waals surface area contributed by atoms with Crippen LogP contribution in [0.25, 0.3) is 65.3 Å². The van der Waals surface area contributed by atoms with E-state index in [1.165, 1.54) is 86.8 Å². The van der Waals surface area contributed by atoms with Gasteiger partial charge in [0.1, 0.15) is 0 Å². The molecule has 8 aromatic carbocycles. The Bertz CT molecular complexity index is 2190. The fourth-order valence-corrected chi connectivity index (χ4v) is 11.5. The molecule has 0 N–H and O–H groups in total. The second-order valence-corrected chi connectivity index (χ2v) is 17.0. The molecule has 3 heteroatoms. The van der Waals surface area contributed by atoms with Crippen LogP contribution >= 0.6 is 0 Å². The molecular formula is C42H34Li2Si. The van der Waals surface area contributed by atoms with Crippen molar-refractivity contribution in [2.75, 3.05) is 0 Å². The molecule has 0 atom stereocenters. The molecule has 0 unspecified atom stereocenters. The van der Waals surface area contributed by atoms with Gasteiger partial charge in [-0.3, -0.25) is 0 Å². The fraction of sp³-hybridized carbons (Fsp3) is 0.0952. The van der Waals surface area contributed by atoms with Gasteiger partial charge in [-0.15, -0.1) is 67.3 Å². The third kappa shape index (κ3) is 5.09. The van der Waals surface area contributed by atoms with E-state index >= 15 is 0 Å². The van der Waals surface area contributed by atoms with E-state index in [2.05, 4.69) is 160 Å². The molecule has 0 nitrogen and oxygen atoms in total. The molecule has 0 aromatic heterocycles. The molecule has 8 rings (SSSR count). The SMILES string of the molecule is Cc1cc(-c2[cH-]c3ccccc3c2[Si](C)(C)c2c(-c3cc(C)cc4ccccc34)[cH-]c3ccccc23)c2ccccc2c1.[Li+].[Li+]. The number of benzene rings is 6. The largest absolute Gasteiger partial charge is 1.00 e. The molecule has 0 radical (unpaired) electrons. The van der Waals surface area contributed by atoms with Gasteiger partial charge < -0.3 is 0 Å². The summed E-state index contributed by atoms with van der Waals surface area (Å²) in [5.74, 6) is 0. The van der Waals surface area contributed by atoms with Crippen LogP contribution in [-0.2, 0) is 0 Å². The fourth-order valence-electron chi connectivity index (χ4n) is 7.71. The molecule has 0 saturated heterocycles. The summed E-state index contributed by atoms with van der Waals surface area (Å²) >= 11 is 0. The summed E-state index contributed by atoms with van der Waals surface area (Å²) in [6.07, 6.45) is 0. The van der Waals surface area contributed by atoms with E-state index in [0.717, 1.165) is 0 Å². The van der Waals surface area contributed by atoms with Gasteiger partial charge in [-0.25, -0.2) is 0 Å². The van der Waals surface area contributed by atoms with Crippen LogP contribution in [0.1, 0.15) is 11.1 Å². The minimum absolute atomic E-state index is 0. The topological polar surface area (TPSA) is 0 Å². The first-order valence-electron chi connectivity index (χ1n) is 15.3. The Morgan fingerprint density at radius 3 is 1.22 bits per heavy atom. The van der Waals surface area contributed by atoms with Gasteiger partial charge in [0.15, 0.2) is 0 Å². The van der Waals surface area contributed by atoms with Crippen LogP contribution in [0, 0.1) is 13.8 Å². The molecule has 45 heavy (non-hydrogen) atoms. The summed E-state index contributed by atoms with van der Waals surface area (Å²) in [5, 5.41) is 13.8. The zero-order chi connectivity index (χ0) is 29.3. The average Bonchev–Trinajstić information content (AvgIpc) is 3.60. The van der Waals surface area contributed by atoms with Gasteiger partial charge in [-0.2, -0.15) is 0 Å². The van der Waals surface area contributed by atoms with E-state index in [1.54, 1.807) is 0 Å². The van der Waals surface area contributed by atoms with Gasteiger partial charge in [0.2, 0.25) is 0 Å². The van der Waals surface area contributed by atoms with Crippen LogP contribution in [0.3, 0.4) is 0 Å². The van der Waals surface area contributed by atoms with Crippen molar-refractivity contribution in [1.82, 2.24) is 0 Å². The van der Waals surface area contributed by atoms with Crippen molar-refractivity contribution < 1.29 is 37.7 Å². The van der Waals surface area contributed by atoms with Crippen molar-refractivity contribution in [2.45, 2.75) is 26.9 Å². The van der Waals surface area contributed by atoms with Gasteiger partial charge >= 0.3 is 37.7 Å². The summed E-state index contributed by atoms with van der Waals surface area (Å²) in [5.41, 5.74) is 8.08. The first kappa shape index (κ1) is 31.5. The molecule has 0 fully saturated rings. The van der Waals surface area contributed by atoms with Crippen LogP contribution in [0.5, 0.6) is 0 Å². The predicted molar refractivity (Wildman–Crippen MR) is 191 cm³/mol. The van der Waals surface area contributed by atoms with Gasteiger partial charge in [0.25, 0.3) is 0 Å². The van der Waals surface area contributed by atoms with E-state index < -0.39 is 8.07 Å². The maximum absolute atomic E-state index is 2.58. The summed E-state index contributed by atoms with van der Waals surface area (Å²) in [6.45, 7) is 9.62. The molecule has 8 aromatic rings. The normalized spacial score (nSPS) is 11.6. The minimum Gasteiger partial charge on any atom is -0.137 e. The number of hydrogen-bond acceptors (Lipinski definition) is 0. The third-order valence-corrected chi connectivity index (χ3v) is 13.0. The van der Waals surface area contributed by atoms with Crippen molar-refractivity contribution in [1.29, 1.82) is 0 Å². The van der Waals surface area contributed by atoms with Crippen molar-refractivity contribution in [3.63, 3.8) is 0 Å². The maximum Gasteiger partial charge on any atom is 1.00 e. The van der Waals surface area contributed by atoms with E-state index in [9.17, 15) is 0 Å². The number of fused-ring (bicyclic) bond motifs is 4.